The molecular formula is C22H25NO4. The number of anilines is 1. The molecule has 0 saturated heterocycles. The van der Waals surface area contributed by atoms with E-state index in [2.05, 4.69) is 5.32 Å². The molecule has 2 aromatic carbocycles. The fourth-order valence-corrected chi connectivity index (χ4v) is 2.61. The maximum absolute atomic E-state index is 12.5. The molecule has 2 rings (SSSR count). The lowest BCUT2D eigenvalue weighted by Crippen LogP contribution is -2.24. The highest BCUT2D eigenvalue weighted by atomic mass is 16.5. The molecule has 1 atom stereocenters. The van der Waals surface area contributed by atoms with E-state index in [1.54, 1.807) is 57.2 Å². The van der Waals surface area contributed by atoms with E-state index in [0.717, 1.165) is 11.1 Å². The number of ether oxygens (including phenoxy) is 1. The third-order valence-electron chi connectivity index (χ3n) is 4.07. The third-order valence-corrected chi connectivity index (χ3v) is 4.07. The Morgan fingerprint density at radius 2 is 1.41 bits per heavy atom. The number of hydrogen-bond donors (Lipinski definition) is 1. The van der Waals surface area contributed by atoms with Gasteiger partial charge >= 0.3 is 5.97 Å². The van der Waals surface area contributed by atoms with Crippen molar-refractivity contribution in [2.24, 2.45) is 5.92 Å². The highest BCUT2D eigenvalue weighted by Gasteiger charge is 2.21. The van der Waals surface area contributed by atoms with Gasteiger partial charge in [-0.1, -0.05) is 31.0 Å². The van der Waals surface area contributed by atoms with Crippen LogP contribution in [-0.4, -0.2) is 23.8 Å². The number of amides is 1. The Kier molecular flexibility index (Phi) is 6.50. The first-order valence-corrected chi connectivity index (χ1v) is 8.92. The van der Waals surface area contributed by atoms with E-state index in [1.165, 1.54) is 0 Å². The Morgan fingerprint density at radius 3 is 1.93 bits per heavy atom. The van der Waals surface area contributed by atoms with Crippen LogP contribution in [0.5, 0.6) is 0 Å². The normalized spacial score (nSPS) is 11.8. The second-order valence-electron chi connectivity index (χ2n) is 7.01. The largest absolute Gasteiger partial charge is 0.451 e. The van der Waals surface area contributed by atoms with Gasteiger partial charge in [0.05, 0.1) is 5.56 Å². The number of ketones is 1. The number of hydrogen-bond acceptors (Lipinski definition) is 4. The number of Topliss-reactive ketones (excluding diaryl/α,β-unsaturated/α-hetero) is 1. The standard InChI is InChI=1S/C22H25NO4/c1-13(2)21(25)23-19-8-6-17(7-9-19)20(24)16(5)27-22(26)18-11-14(3)10-15(4)12-18/h6-13,16H,1-5H3,(H,23,25). The van der Waals surface area contributed by atoms with Crippen molar-refractivity contribution < 1.29 is 19.1 Å². The highest BCUT2D eigenvalue weighted by Crippen LogP contribution is 2.15. The van der Waals surface area contributed by atoms with Gasteiger partial charge < -0.3 is 10.1 Å². The maximum Gasteiger partial charge on any atom is 0.338 e. The number of rotatable bonds is 6. The van der Waals surface area contributed by atoms with Crippen LogP contribution < -0.4 is 5.32 Å². The number of benzene rings is 2. The van der Waals surface area contributed by atoms with Crippen molar-refractivity contribution in [2.45, 2.75) is 40.7 Å². The van der Waals surface area contributed by atoms with Crippen molar-refractivity contribution in [2.75, 3.05) is 5.32 Å². The average molecular weight is 367 g/mol. The first-order valence-electron chi connectivity index (χ1n) is 8.92. The first-order chi connectivity index (χ1) is 12.7. The van der Waals surface area contributed by atoms with Crippen LogP contribution in [0.1, 0.15) is 52.6 Å². The van der Waals surface area contributed by atoms with Crippen molar-refractivity contribution in [3.8, 4) is 0 Å². The van der Waals surface area contributed by atoms with Gasteiger partial charge in [-0.25, -0.2) is 4.79 Å². The van der Waals surface area contributed by atoms with E-state index in [1.807, 2.05) is 19.9 Å². The molecule has 27 heavy (non-hydrogen) atoms. The van der Waals surface area contributed by atoms with E-state index in [-0.39, 0.29) is 17.6 Å². The molecule has 0 aromatic heterocycles. The van der Waals surface area contributed by atoms with Crippen molar-refractivity contribution in [1.29, 1.82) is 0 Å². The fourth-order valence-electron chi connectivity index (χ4n) is 2.61. The zero-order valence-electron chi connectivity index (χ0n) is 16.3. The quantitative estimate of drug-likeness (QED) is 0.609. The Morgan fingerprint density at radius 1 is 0.852 bits per heavy atom. The number of nitrogens with one attached hydrogen (secondary N) is 1. The summed E-state index contributed by atoms with van der Waals surface area (Å²) in [6.07, 6.45) is -0.908. The summed E-state index contributed by atoms with van der Waals surface area (Å²) in [5.41, 5.74) is 3.38. The molecule has 0 aliphatic carbocycles. The first kappa shape index (κ1) is 20.4. The summed E-state index contributed by atoms with van der Waals surface area (Å²) >= 11 is 0. The predicted molar refractivity (Wildman–Crippen MR) is 105 cm³/mol. The van der Waals surface area contributed by atoms with Crippen molar-refractivity contribution >= 4 is 23.3 Å². The van der Waals surface area contributed by atoms with Crippen molar-refractivity contribution in [3.63, 3.8) is 0 Å². The summed E-state index contributed by atoms with van der Waals surface area (Å²) in [4.78, 5) is 36.5. The zero-order valence-corrected chi connectivity index (χ0v) is 16.3. The molecule has 142 valence electrons. The van der Waals surface area contributed by atoms with Gasteiger partial charge in [0.15, 0.2) is 6.10 Å². The summed E-state index contributed by atoms with van der Waals surface area (Å²) in [5, 5.41) is 2.77. The lowest BCUT2D eigenvalue weighted by Gasteiger charge is -2.14. The van der Waals surface area contributed by atoms with Crippen LogP contribution >= 0.6 is 0 Å². The van der Waals surface area contributed by atoms with Gasteiger partial charge in [0.2, 0.25) is 11.7 Å². The molecule has 0 aliphatic heterocycles. The van der Waals surface area contributed by atoms with Gasteiger partial charge in [0, 0.05) is 17.2 Å². The van der Waals surface area contributed by atoms with Crippen LogP contribution in [0.2, 0.25) is 0 Å². The minimum Gasteiger partial charge on any atom is -0.451 e. The fraction of sp³-hybridized carbons (Fsp3) is 0.318. The van der Waals surface area contributed by atoms with Gasteiger partial charge in [0.25, 0.3) is 0 Å². The van der Waals surface area contributed by atoms with E-state index < -0.39 is 12.1 Å². The maximum atomic E-state index is 12.5. The molecule has 0 spiro atoms. The minimum absolute atomic E-state index is 0.0928. The Balaban J connectivity index is 2.04. The second kappa shape index (κ2) is 8.62. The summed E-state index contributed by atoms with van der Waals surface area (Å²) in [7, 11) is 0. The van der Waals surface area contributed by atoms with Crippen molar-refractivity contribution in [3.05, 3.63) is 64.7 Å². The summed E-state index contributed by atoms with van der Waals surface area (Å²) in [5.74, 6) is -1.04. The molecule has 0 aliphatic rings. The van der Waals surface area contributed by atoms with E-state index in [9.17, 15) is 14.4 Å². The molecule has 5 nitrogen and oxygen atoms in total. The molecule has 0 radical (unpaired) electrons. The third kappa shape index (κ3) is 5.51. The van der Waals surface area contributed by atoms with E-state index in [0.29, 0.717) is 16.8 Å². The smallest absolute Gasteiger partial charge is 0.338 e. The molecule has 1 amide bonds. The molecule has 0 fully saturated rings. The van der Waals surface area contributed by atoms with E-state index >= 15 is 0 Å². The van der Waals surface area contributed by atoms with Crippen LogP contribution in [0.4, 0.5) is 5.69 Å². The number of aryl methyl sites for hydroxylation is 2. The van der Waals surface area contributed by atoms with Crippen LogP contribution in [-0.2, 0) is 9.53 Å². The van der Waals surface area contributed by atoms with Gasteiger partial charge in [-0.05, 0) is 57.2 Å². The van der Waals surface area contributed by atoms with Crippen LogP contribution in [0.25, 0.3) is 0 Å². The molecule has 2 aromatic rings. The molecule has 0 heterocycles. The Labute approximate surface area is 159 Å². The van der Waals surface area contributed by atoms with Gasteiger partial charge in [-0.3, -0.25) is 9.59 Å². The molecule has 1 unspecified atom stereocenters. The van der Waals surface area contributed by atoms with Crippen molar-refractivity contribution in [1.82, 2.24) is 0 Å². The molecule has 0 bridgehead atoms. The number of carbonyl (C=O) groups excluding carboxylic acids is 3. The van der Waals surface area contributed by atoms with Crippen LogP contribution in [0.3, 0.4) is 0 Å². The molecule has 5 heteroatoms. The molecule has 1 N–H and O–H groups in total. The monoisotopic (exact) mass is 367 g/mol. The van der Waals surface area contributed by atoms with Crippen LogP contribution in [0, 0.1) is 19.8 Å². The van der Waals surface area contributed by atoms with Gasteiger partial charge in [0.1, 0.15) is 0 Å². The van der Waals surface area contributed by atoms with Crippen LogP contribution in [0.15, 0.2) is 42.5 Å². The van der Waals surface area contributed by atoms with Gasteiger partial charge in [-0.15, -0.1) is 0 Å². The average Bonchev–Trinajstić information content (AvgIpc) is 2.60. The summed E-state index contributed by atoms with van der Waals surface area (Å²) in [6.45, 7) is 8.96. The van der Waals surface area contributed by atoms with Gasteiger partial charge in [-0.2, -0.15) is 0 Å². The summed E-state index contributed by atoms with van der Waals surface area (Å²) < 4.78 is 5.33. The highest BCUT2D eigenvalue weighted by molar-refractivity contribution is 6.02. The summed E-state index contributed by atoms with van der Waals surface area (Å²) in [6, 6.07) is 12.0. The Bertz CT molecular complexity index is 833. The minimum atomic E-state index is -0.908. The molecular weight excluding hydrogens is 342 g/mol. The predicted octanol–water partition coefficient (Wildman–Crippen LogP) is 4.33. The Hall–Kier alpha value is -2.95. The number of esters is 1. The number of carbonyl (C=O) groups is 3. The lowest BCUT2D eigenvalue weighted by atomic mass is 10.1. The zero-order chi connectivity index (χ0) is 20.1. The molecule has 0 saturated carbocycles. The second-order valence-corrected chi connectivity index (χ2v) is 7.01. The SMILES string of the molecule is Cc1cc(C)cc(C(=O)OC(C)C(=O)c2ccc(NC(=O)C(C)C)cc2)c1. The van der Waals surface area contributed by atoms with E-state index in [4.69, 9.17) is 4.74 Å². The topological polar surface area (TPSA) is 72.5 Å². The lowest BCUT2D eigenvalue weighted by molar-refractivity contribution is -0.118.